The maximum absolute atomic E-state index is 3.48. The van der Waals surface area contributed by atoms with Crippen molar-refractivity contribution < 1.29 is 0 Å². The van der Waals surface area contributed by atoms with Crippen molar-refractivity contribution >= 4 is 45.5 Å². The van der Waals surface area contributed by atoms with Gasteiger partial charge in [0.05, 0.1) is 0 Å². The quantitative estimate of drug-likeness (QED) is 0.104. The van der Waals surface area contributed by atoms with E-state index in [1.165, 1.54) is 71.0 Å². The summed E-state index contributed by atoms with van der Waals surface area (Å²) in [5.74, 6) is 0. The largest absolute Gasteiger partial charge is 0.103 e. The first-order valence-corrected chi connectivity index (χ1v) is 18.2. The van der Waals surface area contributed by atoms with Crippen LogP contribution in [0.3, 0.4) is 0 Å². The molecule has 0 aliphatic rings. The van der Waals surface area contributed by atoms with E-state index in [0.717, 1.165) is 6.42 Å². The van der Waals surface area contributed by atoms with Gasteiger partial charge in [-0.15, -0.1) is 6.58 Å². The molecule has 0 saturated heterocycles. The Kier molecular flexibility index (Phi) is 10.6. The Labute approximate surface area is 270 Å². The number of fused-ring (bicyclic) bond motifs is 3. The molecule has 0 atom stereocenters. The van der Waals surface area contributed by atoms with Crippen LogP contribution in [0.15, 0.2) is 152 Å². The SMILES string of the molecule is C=CCC.CC.CP(C)c1ccc2cc(-c3c4ccccc4c(-c4ccc(-c5ccccc5)cc4)c4ccccc34)ccc2c1. The van der Waals surface area contributed by atoms with E-state index < -0.39 is 0 Å². The molecular formula is C44H43P. The van der Waals surface area contributed by atoms with Gasteiger partial charge in [0.2, 0.25) is 0 Å². The third-order valence-corrected chi connectivity index (χ3v) is 9.44. The van der Waals surface area contributed by atoms with Gasteiger partial charge >= 0.3 is 0 Å². The predicted octanol–water partition coefficient (Wildman–Crippen LogP) is 13.1. The summed E-state index contributed by atoms with van der Waals surface area (Å²) >= 11 is 0. The minimum absolute atomic E-state index is 0.109. The minimum atomic E-state index is -0.109. The second kappa shape index (κ2) is 15.0. The zero-order valence-corrected chi connectivity index (χ0v) is 28.1. The molecule has 0 fully saturated rings. The fourth-order valence-electron chi connectivity index (χ4n) is 5.88. The first-order chi connectivity index (χ1) is 22.1. The highest BCUT2D eigenvalue weighted by Gasteiger charge is 2.17. The number of benzene rings is 7. The molecule has 0 nitrogen and oxygen atoms in total. The van der Waals surface area contributed by atoms with Crippen LogP contribution in [0.5, 0.6) is 0 Å². The van der Waals surface area contributed by atoms with Gasteiger partial charge in [0, 0.05) is 0 Å². The highest BCUT2D eigenvalue weighted by Crippen LogP contribution is 2.44. The molecule has 1 heteroatoms. The predicted molar refractivity (Wildman–Crippen MR) is 206 cm³/mol. The molecule has 7 aromatic carbocycles. The van der Waals surface area contributed by atoms with Gasteiger partial charge in [0.1, 0.15) is 0 Å². The summed E-state index contributed by atoms with van der Waals surface area (Å²) < 4.78 is 0. The van der Waals surface area contributed by atoms with Crippen molar-refractivity contribution in [3.8, 4) is 33.4 Å². The molecule has 0 spiro atoms. The molecule has 0 bridgehead atoms. The minimum Gasteiger partial charge on any atom is -0.103 e. The third kappa shape index (κ3) is 6.78. The van der Waals surface area contributed by atoms with Gasteiger partial charge in [0.15, 0.2) is 0 Å². The maximum atomic E-state index is 3.48. The molecular weight excluding hydrogens is 559 g/mol. The molecule has 7 rings (SSSR count). The summed E-state index contributed by atoms with van der Waals surface area (Å²) in [4.78, 5) is 0. The van der Waals surface area contributed by atoms with E-state index in [1.54, 1.807) is 0 Å². The Morgan fingerprint density at radius 3 is 1.40 bits per heavy atom. The summed E-state index contributed by atoms with van der Waals surface area (Å²) in [7, 11) is -0.109. The van der Waals surface area contributed by atoms with Crippen LogP contribution < -0.4 is 5.30 Å². The van der Waals surface area contributed by atoms with E-state index in [-0.39, 0.29) is 7.92 Å². The summed E-state index contributed by atoms with van der Waals surface area (Å²) in [6.07, 6.45) is 2.96. The fourth-order valence-corrected chi connectivity index (χ4v) is 6.65. The van der Waals surface area contributed by atoms with E-state index in [1.807, 2.05) is 19.9 Å². The molecule has 0 amide bonds. The Bertz CT molecular complexity index is 1980. The molecule has 0 heterocycles. The zero-order valence-electron chi connectivity index (χ0n) is 27.2. The fraction of sp³-hybridized carbons (Fsp3) is 0.136. The van der Waals surface area contributed by atoms with Crippen LogP contribution in [0.25, 0.3) is 65.7 Å². The Balaban J connectivity index is 0.000000620. The monoisotopic (exact) mass is 602 g/mol. The first-order valence-electron chi connectivity index (χ1n) is 16.0. The smallest absolute Gasteiger partial charge is 0.00262 e. The normalized spacial score (nSPS) is 10.7. The van der Waals surface area contributed by atoms with Crippen LogP contribution in [0.2, 0.25) is 0 Å². The lowest BCUT2D eigenvalue weighted by Gasteiger charge is -2.18. The average Bonchev–Trinajstić information content (AvgIpc) is 3.11. The van der Waals surface area contributed by atoms with Crippen LogP contribution in [0.4, 0.5) is 0 Å². The summed E-state index contributed by atoms with van der Waals surface area (Å²) in [6.45, 7) is 14.2. The van der Waals surface area contributed by atoms with Crippen molar-refractivity contribution in [2.75, 3.05) is 13.3 Å². The van der Waals surface area contributed by atoms with Crippen LogP contribution in [0, 0.1) is 0 Å². The topological polar surface area (TPSA) is 0 Å². The van der Waals surface area contributed by atoms with Crippen LogP contribution in [-0.4, -0.2) is 13.3 Å². The van der Waals surface area contributed by atoms with Crippen LogP contribution >= 0.6 is 7.92 Å². The number of hydrogen-bond acceptors (Lipinski definition) is 0. The Hall–Kier alpha value is -4.51. The van der Waals surface area contributed by atoms with Gasteiger partial charge in [-0.2, -0.15) is 0 Å². The molecule has 0 unspecified atom stereocenters. The van der Waals surface area contributed by atoms with Crippen molar-refractivity contribution in [2.24, 2.45) is 0 Å². The highest BCUT2D eigenvalue weighted by molar-refractivity contribution is 7.64. The summed E-state index contributed by atoms with van der Waals surface area (Å²) in [5.41, 5.74) is 7.60. The molecule has 7 aromatic rings. The molecule has 224 valence electrons. The van der Waals surface area contributed by atoms with Gasteiger partial charge < -0.3 is 0 Å². The van der Waals surface area contributed by atoms with E-state index in [9.17, 15) is 0 Å². The second-order valence-electron chi connectivity index (χ2n) is 11.1. The van der Waals surface area contributed by atoms with E-state index in [0.29, 0.717) is 0 Å². The van der Waals surface area contributed by atoms with Crippen molar-refractivity contribution in [1.29, 1.82) is 0 Å². The van der Waals surface area contributed by atoms with E-state index in [2.05, 4.69) is 166 Å². The van der Waals surface area contributed by atoms with Crippen molar-refractivity contribution in [3.63, 3.8) is 0 Å². The molecule has 0 aliphatic heterocycles. The Morgan fingerprint density at radius 2 is 0.889 bits per heavy atom. The van der Waals surface area contributed by atoms with Crippen molar-refractivity contribution in [3.05, 3.63) is 152 Å². The van der Waals surface area contributed by atoms with Gasteiger partial charge in [-0.25, -0.2) is 0 Å². The van der Waals surface area contributed by atoms with Gasteiger partial charge in [-0.3, -0.25) is 0 Å². The number of allylic oxidation sites excluding steroid dienone is 1. The molecule has 45 heavy (non-hydrogen) atoms. The van der Waals surface area contributed by atoms with Crippen molar-refractivity contribution in [2.45, 2.75) is 27.2 Å². The second-order valence-corrected chi connectivity index (χ2v) is 13.4. The molecule has 0 radical (unpaired) electrons. The molecule has 0 N–H and O–H groups in total. The van der Waals surface area contributed by atoms with Crippen molar-refractivity contribution in [1.82, 2.24) is 0 Å². The third-order valence-electron chi connectivity index (χ3n) is 8.13. The lowest BCUT2D eigenvalue weighted by atomic mass is 9.85. The number of hydrogen-bond donors (Lipinski definition) is 0. The average molecular weight is 603 g/mol. The van der Waals surface area contributed by atoms with E-state index >= 15 is 0 Å². The van der Waals surface area contributed by atoms with E-state index in [4.69, 9.17) is 0 Å². The molecule has 0 aromatic heterocycles. The lowest BCUT2D eigenvalue weighted by Crippen LogP contribution is -1.97. The van der Waals surface area contributed by atoms with Crippen LogP contribution in [-0.2, 0) is 0 Å². The number of rotatable bonds is 5. The molecule has 0 aliphatic carbocycles. The maximum Gasteiger partial charge on any atom is -0.00262 e. The lowest BCUT2D eigenvalue weighted by molar-refractivity contribution is 1.23. The van der Waals surface area contributed by atoms with Gasteiger partial charge in [-0.1, -0.05) is 162 Å². The van der Waals surface area contributed by atoms with Gasteiger partial charge in [0.25, 0.3) is 0 Å². The highest BCUT2D eigenvalue weighted by atomic mass is 31.1. The summed E-state index contributed by atoms with van der Waals surface area (Å²) in [5, 5.41) is 9.22. The standard InChI is InChI=1S/C38H29P.C4H8.C2H6/c1-39(2)32-23-22-29-24-31(21-20-30(29)25-32)38-35-14-8-6-12-33(35)37(34-13-7-9-15-36(34)38)28-18-16-27(17-19-28)26-10-4-3-5-11-26;1-3-4-2;1-2/h3-25H,1-2H3;3H,1,4H2,2H3;1-2H3. The first kappa shape index (κ1) is 31.9. The Morgan fingerprint density at radius 1 is 0.489 bits per heavy atom. The zero-order chi connectivity index (χ0) is 31.8. The molecule has 0 saturated carbocycles. The summed E-state index contributed by atoms with van der Waals surface area (Å²) in [6, 6.07) is 51.4. The van der Waals surface area contributed by atoms with Gasteiger partial charge in [-0.05, 0) is 103 Å². The van der Waals surface area contributed by atoms with Crippen LogP contribution in [0.1, 0.15) is 27.2 Å².